The van der Waals surface area contributed by atoms with Crippen molar-refractivity contribution in [3.8, 4) is 0 Å². The first-order valence-electron chi connectivity index (χ1n) is 7.02. The van der Waals surface area contributed by atoms with Gasteiger partial charge in [-0.3, -0.25) is 4.90 Å². The van der Waals surface area contributed by atoms with Crippen LogP contribution in [0.2, 0.25) is 0 Å². The number of hydrogen-bond donors (Lipinski definition) is 1. The summed E-state index contributed by atoms with van der Waals surface area (Å²) in [6.07, 6.45) is 2.87. The Kier molecular flexibility index (Phi) is 5.71. The highest BCUT2D eigenvalue weighted by Gasteiger charge is 2.25. The molecule has 0 aromatic carbocycles. The molecule has 0 aliphatic carbocycles. The molecule has 2 fully saturated rings. The van der Waals surface area contributed by atoms with Gasteiger partial charge in [0.15, 0.2) is 0 Å². The van der Waals surface area contributed by atoms with Crippen LogP contribution in [0, 0.1) is 5.92 Å². The smallest absolute Gasteiger partial charge is 0.0613 e. The van der Waals surface area contributed by atoms with E-state index in [4.69, 9.17) is 9.47 Å². The van der Waals surface area contributed by atoms with E-state index in [1.54, 1.807) is 0 Å². The van der Waals surface area contributed by atoms with E-state index in [0.29, 0.717) is 6.10 Å². The molecule has 1 N–H and O–H groups in total. The van der Waals surface area contributed by atoms with Crippen molar-refractivity contribution in [2.45, 2.75) is 25.9 Å². The average Bonchev–Trinajstić information content (AvgIpc) is 2.83. The zero-order valence-electron chi connectivity index (χ0n) is 11.0. The largest absolute Gasteiger partial charge is 0.379 e. The van der Waals surface area contributed by atoms with Crippen molar-refractivity contribution < 1.29 is 9.47 Å². The van der Waals surface area contributed by atoms with E-state index in [-0.39, 0.29) is 0 Å². The van der Waals surface area contributed by atoms with Crippen molar-refractivity contribution in [2.24, 2.45) is 5.92 Å². The number of rotatable bonds is 6. The Balaban J connectivity index is 1.53. The Morgan fingerprint density at radius 1 is 1.24 bits per heavy atom. The second-order valence-corrected chi connectivity index (χ2v) is 5.02. The van der Waals surface area contributed by atoms with Crippen LogP contribution in [-0.2, 0) is 9.47 Å². The topological polar surface area (TPSA) is 33.7 Å². The number of hydrogen-bond acceptors (Lipinski definition) is 4. The highest BCUT2D eigenvalue weighted by molar-refractivity contribution is 4.77. The Labute approximate surface area is 105 Å². The second-order valence-electron chi connectivity index (χ2n) is 5.02. The van der Waals surface area contributed by atoms with Gasteiger partial charge < -0.3 is 14.8 Å². The Morgan fingerprint density at radius 3 is 2.82 bits per heavy atom. The molecule has 100 valence electrons. The maximum atomic E-state index is 5.69. The van der Waals surface area contributed by atoms with Gasteiger partial charge in [-0.05, 0) is 18.8 Å². The quantitative estimate of drug-likeness (QED) is 0.696. The average molecular weight is 242 g/mol. The first-order chi connectivity index (χ1) is 8.40. The van der Waals surface area contributed by atoms with Gasteiger partial charge in [0.1, 0.15) is 0 Å². The minimum atomic E-state index is 0.492. The lowest BCUT2D eigenvalue weighted by atomic mass is 10.00. The summed E-state index contributed by atoms with van der Waals surface area (Å²) in [6, 6.07) is 0. The van der Waals surface area contributed by atoms with Gasteiger partial charge in [-0.2, -0.15) is 0 Å². The van der Waals surface area contributed by atoms with Crippen molar-refractivity contribution in [1.82, 2.24) is 10.2 Å². The monoisotopic (exact) mass is 242 g/mol. The maximum absolute atomic E-state index is 5.69. The van der Waals surface area contributed by atoms with Crippen LogP contribution >= 0.6 is 0 Å². The van der Waals surface area contributed by atoms with Crippen molar-refractivity contribution in [3.63, 3.8) is 0 Å². The van der Waals surface area contributed by atoms with Crippen molar-refractivity contribution in [1.29, 1.82) is 0 Å². The summed E-state index contributed by atoms with van der Waals surface area (Å²) >= 11 is 0. The van der Waals surface area contributed by atoms with E-state index in [1.807, 2.05) is 0 Å². The molecule has 17 heavy (non-hydrogen) atoms. The number of nitrogens with one attached hydrogen (secondary N) is 1. The summed E-state index contributed by atoms with van der Waals surface area (Å²) in [5.74, 6) is 0.727. The SMILES string of the molecule is CCC1OCCC1CNCCN1CCOCC1. The molecule has 0 aromatic heterocycles. The van der Waals surface area contributed by atoms with E-state index in [0.717, 1.165) is 64.9 Å². The molecule has 2 heterocycles. The molecular formula is C13H26N2O2. The van der Waals surface area contributed by atoms with Gasteiger partial charge in [-0.25, -0.2) is 0 Å². The minimum absolute atomic E-state index is 0.492. The summed E-state index contributed by atoms with van der Waals surface area (Å²) < 4.78 is 11.0. The predicted octanol–water partition coefficient (Wildman–Crippen LogP) is 0.723. The van der Waals surface area contributed by atoms with E-state index in [2.05, 4.69) is 17.1 Å². The summed E-state index contributed by atoms with van der Waals surface area (Å²) in [4.78, 5) is 2.47. The van der Waals surface area contributed by atoms with Crippen LogP contribution in [0.3, 0.4) is 0 Å². The molecule has 2 saturated heterocycles. The molecule has 2 aliphatic rings. The van der Waals surface area contributed by atoms with E-state index in [9.17, 15) is 0 Å². The summed E-state index contributed by atoms with van der Waals surface area (Å²) in [6.45, 7) is 10.5. The lowest BCUT2D eigenvalue weighted by molar-refractivity contribution is 0.0381. The minimum Gasteiger partial charge on any atom is -0.379 e. The summed E-state index contributed by atoms with van der Waals surface area (Å²) in [7, 11) is 0. The zero-order chi connectivity index (χ0) is 11.9. The summed E-state index contributed by atoms with van der Waals surface area (Å²) in [5.41, 5.74) is 0. The standard InChI is InChI=1S/C13H26N2O2/c1-2-13-12(3-8-17-13)11-14-4-5-15-6-9-16-10-7-15/h12-14H,2-11H2,1H3. The Bertz CT molecular complexity index is 208. The van der Waals surface area contributed by atoms with Crippen LogP contribution < -0.4 is 5.32 Å². The molecule has 0 amide bonds. The number of nitrogens with zero attached hydrogens (tertiary/aromatic N) is 1. The highest BCUT2D eigenvalue weighted by atomic mass is 16.5. The molecule has 2 unspecified atom stereocenters. The van der Waals surface area contributed by atoms with E-state index in [1.165, 1.54) is 6.42 Å². The highest BCUT2D eigenvalue weighted by Crippen LogP contribution is 2.22. The second kappa shape index (κ2) is 7.31. The van der Waals surface area contributed by atoms with Crippen LogP contribution in [-0.4, -0.2) is 63.5 Å². The van der Waals surface area contributed by atoms with Gasteiger partial charge in [0.25, 0.3) is 0 Å². The molecule has 4 nitrogen and oxygen atoms in total. The molecular weight excluding hydrogens is 216 g/mol. The zero-order valence-corrected chi connectivity index (χ0v) is 11.0. The molecule has 0 radical (unpaired) electrons. The molecule has 0 aromatic rings. The fraction of sp³-hybridized carbons (Fsp3) is 1.00. The van der Waals surface area contributed by atoms with Gasteiger partial charge in [-0.1, -0.05) is 6.92 Å². The Hall–Kier alpha value is -0.160. The van der Waals surface area contributed by atoms with Crippen molar-refractivity contribution in [2.75, 3.05) is 52.5 Å². The fourth-order valence-electron chi connectivity index (χ4n) is 2.73. The molecule has 2 rings (SSSR count). The van der Waals surface area contributed by atoms with Crippen LogP contribution in [0.4, 0.5) is 0 Å². The third kappa shape index (κ3) is 4.21. The normalized spacial score (nSPS) is 30.9. The molecule has 2 aliphatic heterocycles. The van der Waals surface area contributed by atoms with Gasteiger partial charge >= 0.3 is 0 Å². The Morgan fingerprint density at radius 2 is 2.06 bits per heavy atom. The molecule has 2 atom stereocenters. The number of ether oxygens (including phenoxy) is 2. The lowest BCUT2D eigenvalue weighted by Crippen LogP contribution is -2.41. The third-order valence-electron chi connectivity index (χ3n) is 3.86. The third-order valence-corrected chi connectivity index (χ3v) is 3.86. The van der Waals surface area contributed by atoms with Gasteiger partial charge in [0.2, 0.25) is 0 Å². The van der Waals surface area contributed by atoms with Gasteiger partial charge in [0, 0.05) is 39.3 Å². The van der Waals surface area contributed by atoms with Crippen LogP contribution in [0.5, 0.6) is 0 Å². The predicted molar refractivity (Wildman–Crippen MR) is 68.3 cm³/mol. The molecule has 0 spiro atoms. The van der Waals surface area contributed by atoms with E-state index < -0.39 is 0 Å². The van der Waals surface area contributed by atoms with Crippen molar-refractivity contribution in [3.05, 3.63) is 0 Å². The first-order valence-corrected chi connectivity index (χ1v) is 7.02. The summed E-state index contributed by atoms with van der Waals surface area (Å²) in [5, 5.41) is 3.58. The molecule has 0 bridgehead atoms. The molecule has 0 saturated carbocycles. The fourth-order valence-corrected chi connectivity index (χ4v) is 2.73. The lowest BCUT2D eigenvalue weighted by Gasteiger charge is -2.27. The van der Waals surface area contributed by atoms with Crippen LogP contribution in [0.25, 0.3) is 0 Å². The first kappa shape index (κ1) is 13.3. The number of morpholine rings is 1. The van der Waals surface area contributed by atoms with Gasteiger partial charge in [-0.15, -0.1) is 0 Å². The molecule has 4 heteroatoms. The maximum Gasteiger partial charge on any atom is 0.0613 e. The van der Waals surface area contributed by atoms with Crippen LogP contribution in [0.15, 0.2) is 0 Å². The van der Waals surface area contributed by atoms with Crippen molar-refractivity contribution >= 4 is 0 Å². The van der Waals surface area contributed by atoms with Gasteiger partial charge in [0.05, 0.1) is 19.3 Å². The van der Waals surface area contributed by atoms with Crippen LogP contribution in [0.1, 0.15) is 19.8 Å². The van der Waals surface area contributed by atoms with E-state index >= 15 is 0 Å².